The van der Waals surface area contributed by atoms with E-state index in [0.717, 1.165) is 6.92 Å². The van der Waals surface area contributed by atoms with Crippen LogP contribution in [0.5, 0.6) is 0 Å². The molecule has 0 aliphatic carbocycles. The van der Waals surface area contributed by atoms with E-state index in [1.807, 2.05) is 0 Å². The third-order valence-electron chi connectivity index (χ3n) is 0.144. The number of carboxylic acid groups (broad SMARTS) is 2. The molecule has 0 atom stereocenters. The topological polar surface area (TPSA) is 104 Å². The second kappa shape index (κ2) is 11.3. The van der Waals surface area contributed by atoms with Gasteiger partial charge in [0.15, 0.2) is 0 Å². The van der Waals surface area contributed by atoms with Gasteiger partial charge in [-0.1, -0.05) is 0 Å². The number of hydrogen-bond donors (Lipinski definition) is 0. The van der Waals surface area contributed by atoms with Gasteiger partial charge in [-0.2, -0.15) is 0 Å². The van der Waals surface area contributed by atoms with Gasteiger partial charge < -0.3 is 25.5 Å². The van der Waals surface area contributed by atoms with Gasteiger partial charge in [-0.25, -0.2) is 0 Å². The van der Waals surface area contributed by atoms with E-state index in [2.05, 4.69) is 0 Å². The number of carbonyl (C=O) groups excluding carboxylic acids is 2. The average molecular weight is 197 g/mol. The molecule has 0 aromatic heterocycles. The van der Waals surface area contributed by atoms with E-state index in [4.69, 9.17) is 25.5 Å². The molecular formula is C4H6NO4Zn-. The summed E-state index contributed by atoms with van der Waals surface area (Å²) in [4.78, 5) is 18.0. The molecule has 0 saturated carbocycles. The normalized spacial score (nSPS) is 6.20. The Balaban J connectivity index is -0.0000000910. The fourth-order valence-electron chi connectivity index (χ4n) is 0. The molecule has 0 amide bonds. The summed E-state index contributed by atoms with van der Waals surface area (Å²) in [5, 5.41) is 18.0. The number of rotatable bonds is 1. The van der Waals surface area contributed by atoms with Crippen molar-refractivity contribution >= 4 is 11.9 Å². The molecule has 0 fully saturated rings. The smallest absolute Gasteiger partial charge is 0.673 e. The van der Waals surface area contributed by atoms with Gasteiger partial charge in [0.1, 0.15) is 0 Å². The summed E-state index contributed by atoms with van der Waals surface area (Å²) < 4.78 is 0. The average Bonchev–Trinajstić information content (AvgIpc) is 1.65. The van der Waals surface area contributed by atoms with E-state index in [-0.39, 0.29) is 19.5 Å². The Hall–Kier alpha value is -0.477. The van der Waals surface area contributed by atoms with Crippen LogP contribution in [0.15, 0.2) is 0 Å². The summed E-state index contributed by atoms with van der Waals surface area (Å²) >= 11 is 0. The molecule has 0 aromatic rings. The third kappa shape index (κ3) is 138. The van der Waals surface area contributed by atoms with Gasteiger partial charge in [0.2, 0.25) is 0 Å². The molecule has 0 aromatic carbocycles. The van der Waals surface area contributed by atoms with Crippen molar-refractivity contribution in [3.8, 4) is 0 Å². The summed E-state index contributed by atoms with van der Waals surface area (Å²) in [7, 11) is 0. The first-order chi connectivity index (χ1) is 4.00. The zero-order valence-electron chi connectivity index (χ0n) is 5.55. The molecular weight excluding hydrogens is 191 g/mol. The largest absolute Gasteiger partial charge is 2.00 e. The predicted molar refractivity (Wildman–Crippen MR) is 24.9 cm³/mol. The molecule has 0 rings (SSSR count). The van der Waals surface area contributed by atoms with Crippen LogP contribution in [0.1, 0.15) is 6.92 Å². The molecule has 0 aliphatic heterocycles. The molecule has 0 bridgehead atoms. The van der Waals surface area contributed by atoms with Crippen molar-refractivity contribution in [3.63, 3.8) is 0 Å². The van der Waals surface area contributed by atoms with E-state index in [9.17, 15) is 0 Å². The zero-order chi connectivity index (χ0) is 7.86. The minimum atomic E-state index is -1.33. The van der Waals surface area contributed by atoms with Gasteiger partial charge in [-0.15, -0.1) is 6.54 Å². The molecule has 0 spiro atoms. The van der Waals surface area contributed by atoms with Crippen LogP contribution in [-0.4, -0.2) is 18.5 Å². The molecule has 0 unspecified atom stereocenters. The summed E-state index contributed by atoms with van der Waals surface area (Å²) in [6.07, 6.45) is 0. The summed E-state index contributed by atoms with van der Waals surface area (Å²) in [5.74, 6) is -2.41. The zero-order valence-corrected chi connectivity index (χ0v) is 8.51. The van der Waals surface area contributed by atoms with E-state index >= 15 is 0 Å². The maximum absolute atomic E-state index is 9.07. The van der Waals surface area contributed by atoms with Crippen LogP contribution in [0.4, 0.5) is 0 Å². The van der Waals surface area contributed by atoms with Crippen LogP contribution in [0.25, 0.3) is 5.73 Å². The predicted octanol–water partition coefficient (Wildman–Crippen LogP) is -2.46. The summed E-state index contributed by atoms with van der Waals surface area (Å²) in [5.41, 5.74) is 6.00. The molecule has 10 heavy (non-hydrogen) atoms. The molecule has 0 aliphatic rings. The number of nitrogens with one attached hydrogen (secondary N) is 1. The van der Waals surface area contributed by atoms with Crippen molar-refractivity contribution in [2.75, 3.05) is 6.54 Å². The third-order valence-corrected chi connectivity index (χ3v) is 0.144. The Morgan fingerprint density at radius 1 is 1.40 bits per heavy atom. The number of aliphatic carboxylic acids is 2. The van der Waals surface area contributed by atoms with E-state index in [1.165, 1.54) is 0 Å². The quantitative estimate of drug-likeness (QED) is 0.435. The SMILES string of the molecule is CC(=O)[O-].[NH-]CC(=O)[O-].[Zn+2]. The molecule has 54 valence electrons. The Labute approximate surface area is 71.0 Å². The Kier molecular flexibility index (Phi) is 18.4. The van der Waals surface area contributed by atoms with Crippen molar-refractivity contribution in [2.24, 2.45) is 0 Å². The molecule has 5 nitrogen and oxygen atoms in total. The van der Waals surface area contributed by atoms with E-state index in [1.54, 1.807) is 0 Å². The van der Waals surface area contributed by atoms with Gasteiger partial charge >= 0.3 is 19.5 Å². The maximum atomic E-state index is 9.07. The van der Waals surface area contributed by atoms with Crippen LogP contribution in [0, 0.1) is 0 Å². The van der Waals surface area contributed by atoms with Crippen molar-refractivity contribution < 1.29 is 39.3 Å². The molecule has 0 saturated heterocycles. The van der Waals surface area contributed by atoms with E-state index < -0.39 is 18.5 Å². The Bertz CT molecular complexity index is 101. The van der Waals surface area contributed by atoms with Crippen molar-refractivity contribution in [3.05, 3.63) is 5.73 Å². The monoisotopic (exact) mass is 196 g/mol. The number of carbonyl (C=O) groups is 2. The molecule has 1 N–H and O–H groups in total. The van der Waals surface area contributed by atoms with Gasteiger partial charge in [0, 0.05) is 11.9 Å². The minimum absolute atomic E-state index is 0. The molecule has 0 heterocycles. The molecule has 6 heteroatoms. The van der Waals surface area contributed by atoms with Crippen molar-refractivity contribution in [2.45, 2.75) is 6.92 Å². The first kappa shape index (κ1) is 16.3. The van der Waals surface area contributed by atoms with E-state index in [0.29, 0.717) is 0 Å². The van der Waals surface area contributed by atoms with Crippen LogP contribution < -0.4 is 10.2 Å². The molecule has 0 radical (unpaired) electrons. The van der Waals surface area contributed by atoms with Gasteiger partial charge in [-0.05, 0) is 6.92 Å². The fraction of sp³-hybridized carbons (Fsp3) is 0.500. The second-order valence-electron chi connectivity index (χ2n) is 1.04. The van der Waals surface area contributed by atoms with Gasteiger partial charge in [0.05, 0.1) is 0 Å². The first-order valence-electron chi connectivity index (χ1n) is 2.02. The maximum Gasteiger partial charge on any atom is 2.00 e. The summed E-state index contributed by atoms with van der Waals surface area (Å²) in [6, 6.07) is 0. The van der Waals surface area contributed by atoms with Gasteiger partial charge in [-0.3, -0.25) is 0 Å². The van der Waals surface area contributed by atoms with Crippen molar-refractivity contribution in [1.82, 2.24) is 0 Å². The number of carboxylic acids is 2. The van der Waals surface area contributed by atoms with Crippen molar-refractivity contribution in [1.29, 1.82) is 0 Å². The second-order valence-corrected chi connectivity index (χ2v) is 1.04. The van der Waals surface area contributed by atoms with Crippen LogP contribution >= 0.6 is 0 Å². The van der Waals surface area contributed by atoms with Crippen LogP contribution in [-0.2, 0) is 29.1 Å². The Morgan fingerprint density at radius 3 is 1.50 bits per heavy atom. The summed E-state index contributed by atoms with van der Waals surface area (Å²) in [6.45, 7) is 0.333. The minimum Gasteiger partial charge on any atom is -0.673 e. The first-order valence-corrected chi connectivity index (χ1v) is 2.02. The van der Waals surface area contributed by atoms with Crippen LogP contribution in [0.3, 0.4) is 0 Å². The van der Waals surface area contributed by atoms with Gasteiger partial charge in [0.25, 0.3) is 0 Å². The standard InChI is InChI=1S/C2H4NO2.C2H4O2.Zn/c3-1-2(4)5;1-2(3)4;/h3H,1H2,(H,4,5);1H3,(H,3,4);/q-1;;+2/p-2. The number of hydrogen-bond acceptors (Lipinski definition) is 4. The fourth-order valence-corrected chi connectivity index (χ4v) is 0. The Morgan fingerprint density at radius 2 is 1.50 bits per heavy atom. The van der Waals surface area contributed by atoms with Crippen LogP contribution in [0.2, 0.25) is 0 Å².